The molecule has 1 aliphatic carbocycles. The highest BCUT2D eigenvalue weighted by Crippen LogP contribution is 2.46. The molecule has 0 saturated heterocycles. The van der Waals surface area contributed by atoms with Gasteiger partial charge in [0.05, 0.1) is 6.10 Å². The number of ether oxygens (including phenoxy) is 1. The average molecular weight is 256 g/mol. The minimum absolute atomic E-state index is 0.106. The Morgan fingerprint density at radius 1 is 1.21 bits per heavy atom. The summed E-state index contributed by atoms with van der Waals surface area (Å²) >= 11 is 0. The van der Waals surface area contributed by atoms with Crippen molar-refractivity contribution in [1.29, 1.82) is 0 Å². The number of hydrogen-bond donors (Lipinski definition) is 1. The second-order valence-corrected chi connectivity index (χ2v) is 5.73. The molecule has 0 heterocycles. The van der Waals surface area contributed by atoms with Crippen LogP contribution in [0.4, 0.5) is 0 Å². The Morgan fingerprint density at radius 2 is 1.95 bits per heavy atom. The van der Waals surface area contributed by atoms with E-state index in [1.165, 1.54) is 10.8 Å². The molecular weight excluding hydrogens is 236 g/mol. The molecule has 19 heavy (non-hydrogen) atoms. The first-order valence-corrected chi connectivity index (χ1v) is 6.97. The van der Waals surface area contributed by atoms with Crippen molar-refractivity contribution in [2.45, 2.75) is 38.9 Å². The van der Waals surface area contributed by atoms with Crippen LogP contribution in [0.3, 0.4) is 0 Å². The Bertz CT molecular complexity index is 593. The molecule has 3 rings (SSSR count). The lowest BCUT2D eigenvalue weighted by atomic mass is 9.63. The Kier molecular flexibility index (Phi) is 2.98. The molecule has 2 heteroatoms. The van der Waals surface area contributed by atoms with E-state index in [1.54, 1.807) is 0 Å². The van der Waals surface area contributed by atoms with Crippen LogP contribution in [0.1, 0.15) is 26.7 Å². The first-order valence-electron chi connectivity index (χ1n) is 6.97. The molecule has 2 nitrogen and oxygen atoms in total. The van der Waals surface area contributed by atoms with Crippen LogP contribution in [0.25, 0.3) is 10.8 Å². The van der Waals surface area contributed by atoms with E-state index in [1.807, 2.05) is 18.2 Å². The normalized spacial score (nSPS) is 30.1. The standard InChI is InChI=1S/C17H20O2/c1-3-17(2)15(18)11-16(17)19-14-9-8-12-6-4-5-7-13(12)10-14/h4-10,15-16,18H,3,11H2,1-2H3. The Balaban J connectivity index is 1.82. The maximum absolute atomic E-state index is 9.91. The molecule has 100 valence electrons. The summed E-state index contributed by atoms with van der Waals surface area (Å²) in [6.45, 7) is 4.21. The van der Waals surface area contributed by atoms with Crippen molar-refractivity contribution in [2.24, 2.45) is 5.41 Å². The molecule has 3 atom stereocenters. The predicted molar refractivity (Wildman–Crippen MR) is 77.4 cm³/mol. The Morgan fingerprint density at radius 3 is 2.63 bits per heavy atom. The third kappa shape index (κ3) is 2.00. The van der Waals surface area contributed by atoms with Crippen molar-refractivity contribution in [2.75, 3.05) is 0 Å². The topological polar surface area (TPSA) is 29.5 Å². The molecule has 0 bridgehead atoms. The predicted octanol–water partition coefficient (Wildman–Crippen LogP) is 3.77. The van der Waals surface area contributed by atoms with E-state index in [4.69, 9.17) is 4.74 Å². The molecule has 0 aliphatic heterocycles. The van der Waals surface area contributed by atoms with Crippen molar-refractivity contribution in [3.05, 3.63) is 42.5 Å². The van der Waals surface area contributed by atoms with Gasteiger partial charge in [0.15, 0.2) is 0 Å². The fraction of sp³-hybridized carbons (Fsp3) is 0.412. The van der Waals surface area contributed by atoms with Gasteiger partial charge in [0.25, 0.3) is 0 Å². The van der Waals surface area contributed by atoms with E-state index >= 15 is 0 Å². The van der Waals surface area contributed by atoms with E-state index in [-0.39, 0.29) is 17.6 Å². The Hall–Kier alpha value is -1.54. The summed E-state index contributed by atoms with van der Waals surface area (Å²) in [5.41, 5.74) is -0.106. The highest BCUT2D eigenvalue weighted by atomic mass is 16.5. The highest BCUT2D eigenvalue weighted by molar-refractivity contribution is 5.83. The van der Waals surface area contributed by atoms with Crippen LogP contribution in [0.2, 0.25) is 0 Å². The van der Waals surface area contributed by atoms with Crippen LogP contribution >= 0.6 is 0 Å². The summed E-state index contributed by atoms with van der Waals surface area (Å²) in [7, 11) is 0. The number of hydrogen-bond acceptors (Lipinski definition) is 2. The zero-order valence-electron chi connectivity index (χ0n) is 11.5. The van der Waals surface area contributed by atoms with Crippen molar-refractivity contribution in [3.63, 3.8) is 0 Å². The summed E-state index contributed by atoms with van der Waals surface area (Å²) in [6, 6.07) is 14.5. The van der Waals surface area contributed by atoms with E-state index in [9.17, 15) is 5.11 Å². The van der Waals surface area contributed by atoms with Gasteiger partial charge in [-0.15, -0.1) is 0 Å². The van der Waals surface area contributed by atoms with E-state index in [0.29, 0.717) is 0 Å². The third-order valence-corrected chi connectivity index (χ3v) is 4.70. The minimum atomic E-state index is -0.233. The van der Waals surface area contributed by atoms with Gasteiger partial charge in [0, 0.05) is 11.8 Å². The van der Waals surface area contributed by atoms with Crippen LogP contribution in [-0.4, -0.2) is 17.3 Å². The summed E-state index contributed by atoms with van der Waals surface area (Å²) < 4.78 is 6.08. The molecule has 0 amide bonds. The van der Waals surface area contributed by atoms with Gasteiger partial charge in [-0.2, -0.15) is 0 Å². The summed E-state index contributed by atoms with van der Waals surface area (Å²) in [4.78, 5) is 0. The van der Waals surface area contributed by atoms with Gasteiger partial charge in [0.1, 0.15) is 11.9 Å². The van der Waals surface area contributed by atoms with Gasteiger partial charge in [0.2, 0.25) is 0 Å². The monoisotopic (exact) mass is 256 g/mol. The zero-order chi connectivity index (χ0) is 13.5. The Labute approximate surface area is 114 Å². The van der Waals surface area contributed by atoms with Crippen LogP contribution in [0, 0.1) is 5.41 Å². The lowest BCUT2D eigenvalue weighted by molar-refractivity contribution is -0.147. The van der Waals surface area contributed by atoms with Crippen LogP contribution in [-0.2, 0) is 0 Å². The van der Waals surface area contributed by atoms with Gasteiger partial charge in [-0.1, -0.05) is 44.2 Å². The lowest BCUT2D eigenvalue weighted by Gasteiger charge is -2.50. The second-order valence-electron chi connectivity index (χ2n) is 5.73. The van der Waals surface area contributed by atoms with Gasteiger partial charge in [-0.05, 0) is 29.3 Å². The molecule has 2 aromatic carbocycles. The first kappa shape index (κ1) is 12.5. The number of benzene rings is 2. The maximum atomic E-state index is 9.91. The van der Waals surface area contributed by atoms with Gasteiger partial charge in [-0.3, -0.25) is 0 Å². The number of aliphatic hydroxyl groups is 1. The number of aliphatic hydroxyl groups excluding tert-OH is 1. The molecule has 0 aromatic heterocycles. The molecule has 1 aliphatic rings. The van der Waals surface area contributed by atoms with Gasteiger partial charge >= 0.3 is 0 Å². The SMILES string of the molecule is CCC1(C)C(O)CC1Oc1ccc2ccccc2c1. The quantitative estimate of drug-likeness (QED) is 0.905. The molecule has 2 aromatic rings. The molecule has 0 spiro atoms. The second kappa shape index (κ2) is 4.53. The van der Waals surface area contributed by atoms with Crippen molar-refractivity contribution < 1.29 is 9.84 Å². The summed E-state index contributed by atoms with van der Waals surface area (Å²) in [5, 5.41) is 12.3. The van der Waals surface area contributed by atoms with Crippen LogP contribution in [0.5, 0.6) is 5.75 Å². The fourth-order valence-electron chi connectivity index (χ4n) is 2.85. The highest BCUT2D eigenvalue weighted by Gasteiger charge is 2.51. The zero-order valence-corrected chi connectivity index (χ0v) is 11.5. The lowest BCUT2D eigenvalue weighted by Crippen LogP contribution is -2.57. The van der Waals surface area contributed by atoms with E-state index in [2.05, 4.69) is 38.1 Å². The largest absolute Gasteiger partial charge is 0.490 e. The summed E-state index contributed by atoms with van der Waals surface area (Å²) in [6.07, 6.45) is 1.56. The van der Waals surface area contributed by atoms with Crippen LogP contribution < -0.4 is 4.74 Å². The third-order valence-electron chi connectivity index (χ3n) is 4.70. The molecule has 1 saturated carbocycles. The molecule has 0 radical (unpaired) electrons. The molecule has 1 fully saturated rings. The van der Waals surface area contributed by atoms with Crippen molar-refractivity contribution in [3.8, 4) is 5.75 Å². The number of rotatable bonds is 3. The smallest absolute Gasteiger partial charge is 0.120 e. The van der Waals surface area contributed by atoms with Gasteiger partial charge in [-0.25, -0.2) is 0 Å². The van der Waals surface area contributed by atoms with Crippen LogP contribution in [0.15, 0.2) is 42.5 Å². The van der Waals surface area contributed by atoms with E-state index < -0.39 is 0 Å². The summed E-state index contributed by atoms with van der Waals surface area (Å²) in [5.74, 6) is 0.898. The van der Waals surface area contributed by atoms with Crippen molar-refractivity contribution in [1.82, 2.24) is 0 Å². The molecular formula is C17H20O2. The average Bonchev–Trinajstić information content (AvgIpc) is 2.46. The molecule has 3 unspecified atom stereocenters. The number of fused-ring (bicyclic) bond motifs is 1. The molecule has 1 N–H and O–H groups in total. The van der Waals surface area contributed by atoms with Gasteiger partial charge < -0.3 is 9.84 Å². The van der Waals surface area contributed by atoms with E-state index in [0.717, 1.165) is 18.6 Å². The maximum Gasteiger partial charge on any atom is 0.120 e. The first-order chi connectivity index (χ1) is 9.13. The van der Waals surface area contributed by atoms with Crippen molar-refractivity contribution >= 4 is 10.8 Å². The fourth-order valence-corrected chi connectivity index (χ4v) is 2.85. The minimum Gasteiger partial charge on any atom is -0.490 e.